The van der Waals surface area contributed by atoms with E-state index in [4.69, 9.17) is 11.6 Å². The van der Waals surface area contributed by atoms with Gasteiger partial charge in [-0.15, -0.1) is 0 Å². The Bertz CT molecular complexity index is 898. The third kappa shape index (κ3) is 2.75. The van der Waals surface area contributed by atoms with Crippen LogP contribution in [-0.4, -0.2) is 16.1 Å². The second-order valence-electron chi connectivity index (χ2n) is 4.88. The zero-order valence-electron chi connectivity index (χ0n) is 11.6. The van der Waals surface area contributed by atoms with Crippen molar-refractivity contribution in [2.75, 3.05) is 0 Å². The van der Waals surface area contributed by atoms with Gasteiger partial charge in [-0.3, -0.25) is 0 Å². The molecule has 0 spiro atoms. The van der Waals surface area contributed by atoms with Crippen molar-refractivity contribution < 1.29 is 18.7 Å². The molecule has 1 N–H and O–H groups in total. The highest BCUT2D eigenvalue weighted by atomic mass is 35.5. The number of alkyl halides is 2. The second-order valence-corrected chi connectivity index (χ2v) is 5.32. The molecule has 0 unspecified atom stereocenters. The molecule has 0 aliphatic heterocycles. The van der Waals surface area contributed by atoms with Gasteiger partial charge in [-0.2, -0.15) is 0 Å². The van der Waals surface area contributed by atoms with Crippen molar-refractivity contribution in [3.8, 4) is 11.1 Å². The standard InChI is InChI=1S/C17H10ClF2NO2/c18-10-6-7-12-11(8-10)13(9-4-2-1-3-5-9)14(17(22)23)15(21-12)16(19)20/h1-8,16H,(H,22,23). The van der Waals surface area contributed by atoms with Crippen molar-refractivity contribution in [3.63, 3.8) is 0 Å². The van der Waals surface area contributed by atoms with E-state index in [2.05, 4.69) is 4.98 Å². The maximum absolute atomic E-state index is 13.3. The van der Waals surface area contributed by atoms with Crippen LogP contribution in [-0.2, 0) is 0 Å². The number of hydrogen-bond donors (Lipinski definition) is 1. The average Bonchev–Trinajstić information content (AvgIpc) is 2.53. The minimum absolute atomic E-state index is 0.195. The fourth-order valence-electron chi connectivity index (χ4n) is 2.53. The van der Waals surface area contributed by atoms with Gasteiger partial charge < -0.3 is 5.11 Å². The molecule has 3 aromatic rings. The van der Waals surface area contributed by atoms with Crippen molar-refractivity contribution in [2.45, 2.75) is 6.43 Å². The first-order valence-corrected chi connectivity index (χ1v) is 7.07. The van der Waals surface area contributed by atoms with Gasteiger partial charge >= 0.3 is 5.97 Å². The van der Waals surface area contributed by atoms with E-state index in [0.29, 0.717) is 16.0 Å². The van der Waals surface area contributed by atoms with Gasteiger partial charge in [0.25, 0.3) is 6.43 Å². The number of fused-ring (bicyclic) bond motifs is 1. The number of aromatic carboxylic acids is 1. The molecular weight excluding hydrogens is 324 g/mol. The molecule has 0 saturated heterocycles. The van der Waals surface area contributed by atoms with Crippen LogP contribution in [0.2, 0.25) is 5.02 Å². The number of carboxylic acids is 1. The highest BCUT2D eigenvalue weighted by Gasteiger charge is 2.26. The van der Waals surface area contributed by atoms with E-state index in [1.165, 1.54) is 18.2 Å². The topological polar surface area (TPSA) is 50.2 Å². The highest BCUT2D eigenvalue weighted by Crippen LogP contribution is 2.37. The summed E-state index contributed by atoms with van der Waals surface area (Å²) in [6.45, 7) is 0. The Morgan fingerprint density at radius 2 is 1.83 bits per heavy atom. The molecule has 1 heterocycles. The monoisotopic (exact) mass is 333 g/mol. The van der Waals surface area contributed by atoms with Crippen LogP contribution in [0, 0.1) is 0 Å². The van der Waals surface area contributed by atoms with E-state index in [1.807, 2.05) is 0 Å². The molecule has 1 aromatic heterocycles. The van der Waals surface area contributed by atoms with Crippen molar-refractivity contribution in [3.05, 3.63) is 64.8 Å². The molecule has 3 nitrogen and oxygen atoms in total. The van der Waals surface area contributed by atoms with Crippen LogP contribution in [0.5, 0.6) is 0 Å². The number of nitrogens with zero attached hydrogens (tertiary/aromatic N) is 1. The zero-order chi connectivity index (χ0) is 16.6. The Balaban J connectivity index is 2.52. The minimum Gasteiger partial charge on any atom is -0.478 e. The number of hydrogen-bond acceptors (Lipinski definition) is 2. The number of halogens is 3. The first kappa shape index (κ1) is 15.4. The molecule has 116 valence electrons. The van der Waals surface area contributed by atoms with Gasteiger partial charge in [0.1, 0.15) is 5.69 Å². The first-order chi connectivity index (χ1) is 11.0. The summed E-state index contributed by atoms with van der Waals surface area (Å²) in [6, 6.07) is 13.1. The summed E-state index contributed by atoms with van der Waals surface area (Å²) < 4.78 is 26.7. The Kier molecular flexibility index (Phi) is 3.96. The summed E-state index contributed by atoms with van der Waals surface area (Å²) in [6.07, 6.45) is -3.00. The van der Waals surface area contributed by atoms with Crippen LogP contribution in [0.1, 0.15) is 22.5 Å². The summed E-state index contributed by atoms with van der Waals surface area (Å²) >= 11 is 5.99. The minimum atomic E-state index is -3.00. The Morgan fingerprint density at radius 1 is 1.13 bits per heavy atom. The largest absolute Gasteiger partial charge is 0.478 e. The molecule has 3 rings (SSSR count). The molecule has 0 bridgehead atoms. The highest BCUT2D eigenvalue weighted by molar-refractivity contribution is 6.31. The fraction of sp³-hybridized carbons (Fsp3) is 0.0588. The van der Waals surface area contributed by atoms with Gasteiger partial charge in [-0.1, -0.05) is 41.9 Å². The smallest absolute Gasteiger partial charge is 0.338 e. The maximum Gasteiger partial charge on any atom is 0.338 e. The number of carbonyl (C=O) groups is 1. The zero-order valence-corrected chi connectivity index (χ0v) is 12.4. The van der Waals surface area contributed by atoms with E-state index in [-0.39, 0.29) is 11.1 Å². The second kappa shape index (κ2) is 5.93. The van der Waals surface area contributed by atoms with Gasteiger partial charge in [-0.25, -0.2) is 18.6 Å². The first-order valence-electron chi connectivity index (χ1n) is 6.69. The van der Waals surface area contributed by atoms with Crippen molar-refractivity contribution >= 4 is 28.5 Å². The molecule has 23 heavy (non-hydrogen) atoms. The molecule has 0 amide bonds. The molecule has 0 radical (unpaired) electrons. The van der Waals surface area contributed by atoms with E-state index in [0.717, 1.165) is 0 Å². The molecule has 0 aliphatic carbocycles. The molecule has 2 aromatic carbocycles. The lowest BCUT2D eigenvalue weighted by Gasteiger charge is -2.14. The van der Waals surface area contributed by atoms with E-state index in [9.17, 15) is 18.7 Å². The Morgan fingerprint density at radius 3 is 2.43 bits per heavy atom. The number of rotatable bonds is 3. The quantitative estimate of drug-likeness (QED) is 0.717. The lowest BCUT2D eigenvalue weighted by atomic mass is 9.94. The molecule has 0 aliphatic rings. The third-order valence-electron chi connectivity index (χ3n) is 3.46. The SMILES string of the molecule is O=C(O)c1c(C(F)F)nc2ccc(Cl)cc2c1-c1ccccc1. The molecule has 0 atom stereocenters. The van der Waals surface area contributed by atoms with Gasteiger partial charge in [-0.05, 0) is 23.8 Å². The number of pyridine rings is 1. The molecule has 0 saturated carbocycles. The van der Waals surface area contributed by atoms with Gasteiger partial charge in [0, 0.05) is 16.0 Å². The number of aromatic nitrogens is 1. The predicted molar refractivity (Wildman–Crippen MR) is 84.1 cm³/mol. The van der Waals surface area contributed by atoms with Crippen LogP contribution in [0.4, 0.5) is 8.78 Å². The van der Waals surface area contributed by atoms with Crippen molar-refractivity contribution in [1.29, 1.82) is 0 Å². The van der Waals surface area contributed by atoms with Crippen LogP contribution < -0.4 is 0 Å². The Hall–Kier alpha value is -2.53. The number of carboxylic acid groups (broad SMARTS) is 1. The van der Waals surface area contributed by atoms with E-state index < -0.39 is 23.7 Å². The van der Waals surface area contributed by atoms with E-state index >= 15 is 0 Å². The van der Waals surface area contributed by atoms with Crippen molar-refractivity contribution in [1.82, 2.24) is 4.98 Å². The lowest BCUT2D eigenvalue weighted by Crippen LogP contribution is -2.09. The van der Waals surface area contributed by atoms with Crippen LogP contribution in [0.15, 0.2) is 48.5 Å². The van der Waals surface area contributed by atoms with Crippen LogP contribution in [0.3, 0.4) is 0 Å². The fourth-order valence-corrected chi connectivity index (χ4v) is 2.71. The summed E-state index contributed by atoms with van der Waals surface area (Å²) in [5, 5.41) is 10.3. The Labute approximate surface area is 135 Å². The summed E-state index contributed by atoms with van der Waals surface area (Å²) in [5.41, 5.74) is -0.261. The third-order valence-corrected chi connectivity index (χ3v) is 3.69. The van der Waals surface area contributed by atoms with Crippen LogP contribution >= 0.6 is 11.6 Å². The summed E-state index contributed by atoms with van der Waals surface area (Å²) in [4.78, 5) is 15.5. The predicted octanol–water partition coefficient (Wildman–Crippen LogP) is 5.19. The average molecular weight is 334 g/mol. The normalized spacial score (nSPS) is 11.1. The molecule has 6 heteroatoms. The van der Waals surface area contributed by atoms with Gasteiger partial charge in [0.2, 0.25) is 0 Å². The van der Waals surface area contributed by atoms with Gasteiger partial charge in [0.05, 0.1) is 11.1 Å². The molecule has 0 fully saturated rings. The molecular formula is C17H10ClF2NO2. The lowest BCUT2D eigenvalue weighted by molar-refractivity contribution is 0.0683. The maximum atomic E-state index is 13.3. The summed E-state index contributed by atoms with van der Waals surface area (Å²) in [7, 11) is 0. The van der Waals surface area contributed by atoms with E-state index in [1.54, 1.807) is 30.3 Å². The number of benzene rings is 2. The summed E-state index contributed by atoms with van der Waals surface area (Å²) in [5.74, 6) is -1.45. The van der Waals surface area contributed by atoms with Gasteiger partial charge in [0.15, 0.2) is 0 Å². The van der Waals surface area contributed by atoms with Crippen LogP contribution in [0.25, 0.3) is 22.0 Å². The van der Waals surface area contributed by atoms with Crippen molar-refractivity contribution in [2.24, 2.45) is 0 Å².